The van der Waals surface area contributed by atoms with E-state index < -0.39 is 0 Å². The number of rotatable bonds is 10. The molecule has 2 aliphatic heterocycles. The number of carbonyl (C=O) groups is 2. The molecular formula is C36H41N9O3. The van der Waals surface area contributed by atoms with Crippen LogP contribution in [-0.2, 0) is 9.59 Å². The Bertz CT molecular complexity index is 1880. The second-order valence-corrected chi connectivity index (χ2v) is 12.4. The molecular weight excluding hydrogens is 606 g/mol. The van der Waals surface area contributed by atoms with Crippen LogP contribution in [0.15, 0.2) is 76.9 Å². The van der Waals surface area contributed by atoms with Gasteiger partial charge >= 0.3 is 0 Å². The Kier molecular flexibility index (Phi) is 9.91. The Morgan fingerprint density at radius 2 is 1.96 bits per heavy atom. The van der Waals surface area contributed by atoms with E-state index in [2.05, 4.69) is 41.5 Å². The van der Waals surface area contributed by atoms with Crippen LogP contribution in [-0.4, -0.2) is 94.8 Å². The van der Waals surface area contributed by atoms with Crippen LogP contribution >= 0.6 is 0 Å². The normalized spacial score (nSPS) is 17.3. The number of pyridine rings is 1. The Hall–Kier alpha value is -5.36. The third kappa shape index (κ3) is 7.60. The minimum absolute atomic E-state index is 0.00849. The fraction of sp³-hybridized carbons (Fsp3) is 0.333. The third-order valence-electron chi connectivity index (χ3n) is 8.62. The lowest BCUT2D eigenvalue weighted by Crippen LogP contribution is -2.41. The van der Waals surface area contributed by atoms with Gasteiger partial charge in [0, 0.05) is 61.1 Å². The van der Waals surface area contributed by atoms with Crippen molar-refractivity contribution < 1.29 is 14.3 Å². The molecule has 2 aromatic heterocycles. The number of H-pyrrole nitrogens is 1. The number of carbonyl (C=O) groups excluding carboxylic acids is 2. The molecule has 48 heavy (non-hydrogen) atoms. The molecule has 4 N–H and O–H groups in total. The highest BCUT2D eigenvalue weighted by atomic mass is 16.5. The van der Waals surface area contributed by atoms with Crippen LogP contribution in [0.4, 0.5) is 5.69 Å². The molecule has 1 fully saturated rings. The minimum atomic E-state index is -0.197. The maximum atomic E-state index is 13.3. The van der Waals surface area contributed by atoms with E-state index in [1.807, 2.05) is 73.3 Å². The van der Waals surface area contributed by atoms with Crippen LogP contribution in [0.5, 0.6) is 5.88 Å². The summed E-state index contributed by atoms with van der Waals surface area (Å²) in [5, 5.41) is 11.6. The number of hydrogen-bond donors (Lipinski definition) is 3. The van der Waals surface area contributed by atoms with Gasteiger partial charge in [0.25, 0.3) is 0 Å². The Balaban J connectivity index is 1.02. The molecule has 12 heteroatoms. The Morgan fingerprint density at radius 1 is 1.12 bits per heavy atom. The summed E-state index contributed by atoms with van der Waals surface area (Å²) >= 11 is 0. The van der Waals surface area contributed by atoms with Gasteiger partial charge in [-0.15, -0.1) is 0 Å². The van der Waals surface area contributed by atoms with E-state index in [0.717, 1.165) is 39.7 Å². The first kappa shape index (κ1) is 32.6. The summed E-state index contributed by atoms with van der Waals surface area (Å²) in [5.41, 5.74) is 12.4. The third-order valence-corrected chi connectivity index (χ3v) is 8.62. The Labute approximate surface area is 279 Å². The van der Waals surface area contributed by atoms with Crippen molar-refractivity contribution in [2.75, 3.05) is 45.1 Å². The number of aromatic amines is 1. The van der Waals surface area contributed by atoms with Gasteiger partial charge in [-0.2, -0.15) is 5.10 Å². The van der Waals surface area contributed by atoms with Crippen molar-refractivity contribution in [1.29, 1.82) is 0 Å². The zero-order chi connectivity index (χ0) is 33.6. The molecule has 1 unspecified atom stereocenters. The van der Waals surface area contributed by atoms with Crippen LogP contribution in [0.1, 0.15) is 37.8 Å². The first-order valence-electron chi connectivity index (χ1n) is 16.2. The predicted molar refractivity (Wildman–Crippen MR) is 189 cm³/mol. The number of hydrogen-bond acceptors (Lipinski definition) is 7. The van der Waals surface area contributed by atoms with E-state index in [-0.39, 0.29) is 23.8 Å². The van der Waals surface area contributed by atoms with Crippen LogP contribution in [0.2, 0.25) is 0 Å². The van der Waals surface area contributed by atoms with Crippen LogP contribution in [0.25, 0.3) is 27.7 Å². The summed E-state index contributed by atoms with van der Waals surface area (Å²) < 4.78 is 5.76. The molecule has 1 saturated heterocycles. The van der Waals surface area contributed by atoms with E-state index in [1.165, 1.54) is 11.9 Å². The summed E-state index contributed by atoms with van der Waals surface area (Å²) in [4.78, 5) is 42.7. The fourth-order valence-electron chi connectivity index (χ4n) is 6.11. The first-order valence-corrected chi connectivity index (χ1v) is 16.2. The maximum Gasteiger partial charge on any atom is 0.237 e. The number of anilines is 1. The molecule has 0 bridgehead atoms. The lowest BCUT2D eigenvalue weighted by molar-refractivity contribution is -0.132. The molecule has 2 aliphatic rings. The molecule has 0 saturated carbocycles. The molecule has 2 aromatic carbocycles. The van der Waals surface area contributed by atoms with Crippen molar-refractivity contribution in [3.8, 4) is 17.1 Å². The van der Waals surface area contributed by atoms with Crippen molar-refractivity contribution in [2.45, 2.75) is 32.8 Å². The SMILES string of the molecule is CN=CN=C(N)c1ccc(C2=CCN(C(=O)CN3CCC(C(=O)Nc4ccc5[nH]nc(-c6ccnc(OC(C)C)c6)c5c4)C3)CC2)cc1. The van der Waals surface area contributed by atoms with E-state index in [1.54, 1.807) is 13.2 Å². The molecule has 2 amide bonds. The number of nitrogens with two attached hydrogens (primary N) is 1. The average molecular weight is 648 g/mol. The highest BCUT2D eigenvalue weighted by molar-refractivity contribution is 6.01. The zero-order valence-electron chi connectivity index (χ0n) is 27.5. The number of ether oxygens (including phenoxy) is 1. The number of fused-ring (bicyclic) bond motifs is 1. The number of aliphatic imine (C=N–C) groups is 2. The smallest absolute Gasteiger partial charge is 0.237 e. The minimum Gasteiger partial charge on any atom is -0.475 e. The van der Waals surface area contributed by atoms with Gasteiger partial charge in [0.15, 0.2) is 0 Å². The second kappa shape index (κ2) is 14.6. The number of amides is 2. The summed E-state index contributed by atoms with van der Waals surface area (Å²) in [6.07, 6.45) is 6.74. The van der Waals surface area contributed by atoms with Gasteiger partial charge in [-0.1, -0.05) is 30.3 Å². The molecule has 4 heterocycles. The highest BCUT2D eigenvalue weighted by Crippen LogP contribution is 2.31. The van der Waals surface area contributed by atoms with E-state index in [9.17, 15) is 9.59 Å². The summed E-state index contributed by atoms with van der Waals surface area (Å²) in [6.45, 7) is 6.69. The second-order valence-electron chi connectivity index (χ2n) is 12.4. The Morgan fingerprint density at radius 3 is 2.71 bits per heavy atom. The number of benzene rings is 2. The first-order chi connectivity index (χ1) is 23.3. The topological polar surface area (TPSA) is 154 Å². The zero-order valence-corrected chi connectivity index (χ0v) is 27.5. The lowest BCUT2D eigenvalue weighted by Gasteiger charge is -2.28. The van der Waals surface area contributed by atoms with Gasteiger partial charge in [-0.05, 0) is 68.6 Å². The van der Waals surface area contributed by atoms with E-state index >= 15 is 0 Å². The molecule has 12 nitrogen and oxygen atoms in total. The molecule has 1 atom stereocenters. The van der Waals surface area contributed by atoms with Gasteiger partial charge in [0.2, 0.25) is 17.7 Å². The summed E-state index contributed by atoms with van der Waals surface area (Å²) in [6, 6.07) is 17.4. The van der Waals surface area contributed by atoms with Gasteiger partial charge < -0.3 is 20.7 Å². The molecule has 0 radical (unpaired) electrons. The molecule has 0 aliphatic carbocycles. The van der Waals surface area contributed by atoms with Crippen LogP contribution < -0.4 is 15.8 Å². The fourth-order valence-corrected chi connectivity index (χ4v) is 6.11. The van der Waals surface area contributed by atoms with Gasteiger partial charge in [0.05, 0.1) is 24.1 Å². The van der Waals surface area contributed by atoms with Gasteiger partial charge in [-0.25, -0.2) is 9.98 Å². The van der Waals surface area contributed by atoms with Crippen LogP contribution in [0.3, 0.4) is 0 Å². The maximum absolute atomic E-state index is 13.3. The van der Waals surface area contributed by atoms with E-state index in [4.69, 9.17) is 10.5 Å². The van der Waals surface area contributed by atoms with Crippen molar-refractivity contribution in [3.05, 3.63) is 78.0 Å². The van der Waals surface area contributed by atoms with Crippen molar-refractivity contribution in [2.24, 2.45) is 21.6 Å². The molecule has 0 spiro atoms. The number of nitrogens with one attached hydrogen (secondary N) is 2. The number of aromatic nitrogens is 3. The van der Waals surface area contributed by atoms with Crippen molar-refractivity contribution >= 4 is 46.2 Å². The summed E-state index contributed by atoms with van der Waals surface area (Å²) in [7, 11) is 1.65. The quantitative estimate of drug-likeness (QED) is 0.171. The largest absolute Gasteiger partial charge is 0.475 e. The van der Waals surface area contributed by atoms with E-state index in [0.29, 0.717) is 56.5 Å². The van der Waals surface area contributed by atoms with Crippen molar-refractivity contribution in [3.63, 3.8) is 0 Å². The average Bonchev–Trinajstić information content (AvgIpc) is 3.74. The monoisotopic (exact) mass is 647 g/mol. The number of likely N-dealkylation sites (tertiary alicyclic amines) is 1. The number of nitrogens with zero attached hydrogens (tertiary/aromatic N) is 6. The highest BCUT2D eigenvalue weighted by Gasteiger charge is 2.31. The number of amidine groups is 1. The van der Waals surface area contributed by atoms with Crippen molar-refractivity contribution in [1.82, 2.24) is 25.0 Å². The van der Waals surface area contributed by atoms with Gasteiger partial charge in [-0.3, -0.25) is 24.6 Å². The lowest BCUT2D eigenvalue weighted by atomic mass is 9.98. The molecule has 248 valence electrons. The molecule has 6 rings (SSSR count). The predicted octanol–water partition coefficient (Wildman–Crippen LogP) is 4.35. The summed E-state index contributed by atoms with van der Waals surface area (Å²) in [5.74, 6) is 0.790. The van der Waals surface area contributed by atoms with Gasteiger partial charge in [0.1, 0.15) is 17.9 Å². The molecule has 4 aromatic rings. The standard InChI is InChI=1S/C36H41N9O3/c1-23(2)48-32-18-27(10-14-39-32)34-30-19-29(8-9-31(30)42-43-34)41-36(47)28-11-15-44(20-28)21-33(46)45-16-12-25(13-17-45)24-4-6-26(7-5-24)35(37)40-22-38-3/h4-10,12,14,18-19,22-23,28H,11,13,15-17,20-21H2,1-3H3,(H,41,47)(H,42,43)(H2,37,38,40). The van der Waals surface area contributed by atoms with Crippen LogP contribution in [0, 0.1) is 5.92 Å².